The van der Waals surface area contributed by atoms with Gasteiger partial charge in [0, 0.05) is 6.42 Å². The molecule has 0 saturated carbocycles. The molecule has 0 fully saturated rings. The third-order valence-corrected chi connectivity index (χ3v) is 4.95. The number of hydrogen-bond acceptors (Lipinski definition) is 7. The Balaban J connectivity index is 1.47. The predicted molar refractivity (Wildman–Crippen MR) is 116 cm³/mol. The van der Waals surface area contributed by atoms with E-state index in [1.54, 1.807) is 4.57 Å². The van der Waals surface area contributed by atoms with Crippen molar-refractivity contribution < 1.29 is 14.3 Å². The van der Waals surface area contributed by atoms with Gasteiger partial charge in [0.25, 0.3) is 5.56 Å². The third-order valence-electron chi connectivity index (χ3n) is 4.95. The van der Waals surface area contributed by atoms with Gasteiger partial charge in [-0.3, -0.25) is 19.1 Å². The number of hydrogen-bond donors (Lipinski definition) is 2. The average Bonchev–Trinajstić information content (AvgIpc) is 3.12. The molecule has 2 heterocycles. The van der Waals surface area contributed by atoms with Crippen molar-refractivity contribution in [2.75, 3.05) is 18.9 Å². The van der Waals surface area contributed by atoms with Crippen molar-refractivity contribution in [3.05, 3.63) is 16.7 Å². The molecule has 0 atom stereocenters. The van der Waals surface area contributed by atoms with E-state index in [0.717, 1.165) is 12.8 Å². The number of carbonyl (C=O) groups excluding carboxylic acids is 1. The molecule has 0 aromatic carbocycles. The predicted octanol–water partition coefficient (Wildman–Crippen LogP) is 3.53. The summed E-state index contributed by atoms with van der Waals surface area (Å²) in [5.74, 6) is -0.164. The number of esters is 1. The summed E-state index contributed by atoms with van der Waals surface area (Å²) in [6.07, 6.45) is 14.3. The van der Waals surface area contributed by atoms with Crippen LogP contribution in [0.4, 0.5) is 5.95 Å². The van der Waals surface area contributed by atoms with Crippen LogP contribution in [0.2, 0.25) is 0 Å². The number of unbranched alkanes of at least 4 members (excludes halogenated alkanes) is 9. The Hall–Kier alpha value is -2.42. The molecule has 9 heteroatoms. The van der Waals surface area contributed by atoms with Gasteiger partial charge in [-0.1, -0.05) is 64.7 Å². The first kappa shape index (κ1) is 23.9. The maximum atomic E-state index is 11.8. The maximum Gasteiger partial charge on any atom is 0.305 e. The Morgan fingerprint density at radius 2 is 1.73 bits per heavy atom. The van der Waals surface area contributed by atoms with E-state index in [1.165, 1.54) is 57.7 Å². The molecule has 30 heavy (non-hydrogen) atoms. The Morgan fingerprint density at radius 1 is 1.07 bits per heavy atom. The minimum atomic E-state index is -0.392. The third kappa shape index (κ3) is 8.52. The van der Waals surface area contributed by atoms with Crippen molar-refractivity contribution in [1.82, 2.24) is 19.5 Å². The molecule has 0 aliphatic heterocycles. The van der Waals surface area contributed by atoms with E-state index in [4.69, 9.17) is 15.2 Å². The molecule has 168 valence electrons. The van der Waals surface area contributed by atoms with Crippen LogP contribution in [-0.4, -0.2) is 38.7 Å². The van der Waals surface area contributed by atoms with Crippen molar-refractivity contribution >= 4 is 23.1 Å². The Morgan fingerprint density at radius 3 is 2.43 bits per heavy atom. The lowest BCUT2D eigenvalue weighted by atomic mass is 10.1. The number of fused-ring (bicyclic) bond motifs is 1. The summed E-state index contributed by atoms with van der Waals surface area (Å²) in [7, 11) is 0. The number of nitrogen functional groups attached to an aromatic ring is 1. The first-order chi connectivity index (χ1) is 14.6. The van der Waals surface area contributed by atoms with Gasteiger partial charge >= 0.3 is 5.97 Å². The first-order valence-electron chi connectivity index (χ1n) is 11.1. The summed E-state index contributed by atoms with van der Waals surface area (Å²) in [6.45, 7) is 2.82. The molecule has 2 aromatic rings. The van der Waals surface area contributed by atoms with Crippen LogP contribution in [0, 0.1) is 0 Å². The van der Waals surface area contributed by atoms with E-state index >= 15 is 0 Å². The fraction of sp³-hybridized carbons (Fsp3) is 0.714. The molecule has 0 aliphatic carbocycles. The molecular weight excluding hydrogens is 386 g/mol. The van der Waals surface area contributed by atoms with Gasteiger partial charge in [0.1, 0.15) is 13.3 Å². The highest BCUT2D eigenvalue weighted by Gasteiger charge is 2.09. The largest absolute Gasteiger partial charge is 0.463 e. The Kier molecular flexibility index (Phi) is 10.9. The van der Waals surface area contributed by atoms with Gasteiger partial charge in [0.05, 0.1) is 12.9 Å². The Bertz CT molecular complexity index is 817. The summed E-state index contributed by atoms with van der Waals surface area (Å²) in [6, 6.07) is 0. The van der Waals surface area contributed by atoms with Gasteiger partial charge in [-0.25, -0.2) is 4.98 Å². The van der Waals surface area contributed by atoms with Crippen LogP contribution in [-0.2, 0) is 21.0 Å². The quantitative estimate of drug-likeness (QED) is 0.314. The zero-order chi connectivity index (χ0) is 21.6. The fourth-order valence-electron chi connectivity index (χ4n) is 3.27. The minimum Gasteiger partial charge on any atom is -0.463 e. The zero-order valence-corrected chi connectivity index (χ0v) is 18.0. The molecule has 0 bridgehead atoms. The van der Waals surface area contributed by atoms with Crippen molar-refractivity contribution in [3.8, 4) is 0 Å². The molecule has 0 saturated heterocycles. The number of nitrogens with one attached hydrogen (secondary N) is 1. The number of aromatic nitrogens is 4. The van der Waals surface area contributed by atoms with Crippen molar-refractivity contribution in [3.63, 3.8) is 0 Å². The number of rotatable bonds is 16. The Labute approximate surface area is 177 Å². The summed E-state index contributed by atoms with van der Waals surface area (Å²) in [4.78, 5) is 33.9. The van der Waals surface area contributed by atoms with Crippen LogP contribution in [0.15, 0.2) is 11.1 Å². The SMILES string of the molecule is CCCCCCCCCCCCC(=O)OCCOCn1cnc2c(=O)[nH]c(N)nc21. The van der Waals surface area contributed by atoms with Crippen LogP contribution in [0.5, 0.6) is 0 Å². The summed E-state index contributed by atoms with van der Waals surface area (Å²) in [5, 5.41) is 0. The second kappa shape index (κ2) is 13.7. The summed E-state index contributed by atoms with van der Waals surface area (Å²) >= 11 is 0. The lowest BCUT2D eigenvalue weighted by Gasteiger charge is -2.07. The number of nitrogens with zero attached hydrogens (tertiary/aromatic N) is 3. The fourth-order valence-corrected chi connectivity index (χ4v) is 3.27. The van der Waals surface area contributed by atoms with Gasteiger partial charge in [-0.2, -0.15) is 4.98 Å². The lowest BCUT2D eigenvalue weighted by Crippen LogP contribution is -2.14. The van der Waals surface area contributed by atoms with Gasteiger partial charge in [0.2, 0.25) is 5.95 Å². The number of imidazole rings is 1. The average molecular weight is 422 g/mol. The zero-order valence-electron chi connectivity index (χ0n) is 18.0. The standard InChI is InChI=1S/C21H35N5O4/c1-2-3-4-5-6-7-8-9-10-11-12-17(27)30-14-13-29-16-26-15-23-18-19(26)24-21(22)25-20(18)28/h15H,2-14,16H2,1H3,(H3,22,24,25,28). The molecule has 3 N–H and O–H groups in total. The van der Waals surface area contributed by atoms with Crippen LogP contribution in [0.1, 0.15) is 77.6 Å². The van der Waals surface area contributed by atoms with E-state index in [1.807, 2.05) is 0 Å². The van der Waals surface area contributed by atoms with Crippen molar-refractivity contribution in [2.24, 2.45) is 0 Å². The summed E-state index contributed by atoms with van der Waals surface area (Å²) < 4.78 is 12.2. The number of nitrogens with two attached hydrogens (primary N) is 1. The van der Waals surface area contributed by atoms with E-state index in [9.17, 15) is 9.59 Å². The van der Waals surface area contributed by atoms with Crippen molar-refractivity contribution in [2.45, 2.75) is 84.3 Å². The molecule has 2 aromatic heterocycles. The van der Waals surface area contributed by atoms with Gasteiger partial charge in [0.15, 0.2) is 11.2 Å². The highest BCUT2D eigenvalue weighted by molar-refractivity contribution is 5.70. The second-order valence-corrected chi connectivity index (χ2v) is 7.53. The molecule has 0 unspecified atom stereocenters. The monoisotopic (exact) mass is 421 g/mol. The molecule has 2 rings (SSSR count). The van der Waals surface area contributed by atoms with Crippen molar-refractivity contribution in [1.29, 1.82) is 0 Å². The van der Waals surface area contributed by atoms with E-state index in [2.05, 4.69) is 21.9 Å². The normalized spacial score (nSPS) is 11.2. The number of anilines is 1. The van der Waals surface area contributed by atoms with E-state index in [-0.39, 0.29) is 37.4 Å². The molecule has 0 radical (unpaired) electrons. The number of ether oxygens (including phenoxy) is 2. The highest BCUT2D eigenvalue weighted by Crippen LogP contribution is 2.11. The minimum absolute atomic E-state index is 0.0233. The second-order valence-electron chi connectivity index (χ2n) is 7.53. The molecule has 0 aliphatic rings. The van der Waals surface area contributed by atoms with Gasteiger partial charge in [-0.15, -0.1) is 0 Å². The van der Waals surface area contributed by atoms with Crippen LogP contribution in [0.3, 0.4) is 0 Å². The number of aromatic amines is 1. The van der Waals surface area contributed by atoms with Crippen LogP contribution in [0.25, 0.3) is 11.2 Å². The molecular formula is C21H35N5O4. The molecule has 9 nitrogen and oxygen atoms in total. The maximum absolute atomic E-state index is 11.8. The van der Waals surface area contributed by atoms with Crippen LogP contribution < -0.4 is 11.3 Å². The van der Waals surface area contributed by atoms with Crippen LogP contribution >= 0.6 is 0 Å². The molecule has 0 amide bonds. The first-order valence-corrected chi connectivity index (χ1v) is 11.1. The van der Waals surface area contributed by atoms with E-state index in [0.29, 0.717) is 12.1 Å². The number of H-pyrrole nitrogens is 1. The molecule has 0 spiro atoms. The smallest absolute Gasteiger partial charge is 0.305 e. The van der Waals surface area contributed by atoms with Gasteiger partial charge < -0.3 is 15.2 Å². The number of carbonyl (C=O) groups is 1. The van der Waals surface area contributed by atoms with E-state index < -0.39 is 5.56 Å². The summed E-state index contributed by atoms with van der Waals surface area (Å²) in [5.41, 5.74) is 5.72. The highest BCUT2D eigenvalue weighted by atomic mass is 16.6. The topological polar surface area (TPSA) is 125 Å². The van der Waals surface area contributed by atoms with Gasteiger partial charge in [-0.05, 0) is 6.42 Å². The lowest BCUT2D eigenvalue weighted by molar-refractivity contribution is -0.145.